The quantitative estimate of drug-likeness (QED) is 0.503. The maximum absolute atomic E-state index is 11.1. The Kier molecular flexibility index (Phi) is 3.88. The standard InChI is InChI=1S/C11H8N2O2/c1-15-11(14)10-8-9(5-7-13-10)4-2-3-6-12/h5,7-8H,3H2,1H3. The van der Waals surface area contributed by atoms with E-state index in [0.717, 1.165) is 0 Å². The van der Waals surface area contributed by atoms with Crippen molar-refractivity contribution in [2.24, 2.45) is 0 Å². The van der Waals surface area contributed by atoms with Crippen molar-refractivity contribution in [2.45, 2.75) is 6.42 Å². The van der Waals surface area contributed by atoms with Crippen molar-refractivity contribution in [3.8, 4) is 17.9 Å². The van der Waals surface area contributed by atoms with E-state index in [4.69, 9.17) is 5.26 Å². The van der Waals surface area contributed by atoms with E-state index in [9.17, 15) is 4.79 Å². The summed E-state index contributed by atoms with van der Waals surface area (Å²) in [5.74, 6) is 4.89. The zero-order chi connectivity index (χ0) is 11.1. The number of aromatic nitrogens is 1. The third kappa shape index (κ3) is 3.13. The van der Waals surface area contributed by atoms with Crippen LogP contribution in [0.25, 0.3) is 0 Å². The van der Waals surface area contributed by atoms with Crippen LogP contribution in [0.5, 0.6) is 0 Å². The van der Waals surface area contributed by atoms with Gasteiger partial charge in [-0.2, -0.15) is 5.26 Å². The van der Waals surface area contributed by atoms with Gasteiger partial charge < -0.3 is 4.74 Å². The molecule has 0 radical (unpaired) electrons. The van der Waals surface area contributed by atoms with Gasteiger partial charge in [0.25, 0.3) is 0 Å². The van der Waals surface area contributed by atoms with E-state index in [1.165, 1.54) is 19.4 Å². The second-order valence-electron chi connectivity index (χ2n) is 2.56. The summed E-state index contributed by atoms with van der Waals surface area (Å²) in [5, 5.41) is 8.29. The van der Waals surface area contributed by atoms with Gasteiger partial charge in [-0.25, -0.2) is 9.78 Å². The highest BCUT2D eigenvalue weighted by Gasteiger charge is 2.05. The normalized spacial score (nSPS) is 8.27. The molecule has 1 aromatic rings. The smallest absolute Gasteiger partial charge is 0.356 e. The molecule has 1 rings (SSSR count). The first kappa shape index (κ1) is 10.7. The van der Waals surface area contributed by atoms with E-state index < -0.39 is 5.97 Å². The Morgan fingerprint density at radius 3 is 3.13 bits per heavy atom. The van der Waals surface area contributed by atoms with Crippen molar-refractivity contribution in [2.75, 3.05) is 7.11 Å². The van der Waals surface area contributed by atoms with Crippen LogP contribution in [0.3, 0.4) is 0 Å². The van der Waals surface area contributed by atoms with Crippen molar-refractivity contribution in [1.82, 2.24) is 4.98 Å². The Morgan fingerprint density at radius 1 is 1.67 bits per heavy atom. The number of esters is 1. The molecule has 15 heavy (non-hydrogen) atoms. The van der Waals surface area contributed by atoms with Crippen LogP contribution in [0.2, 0.25) is 0 Å². The molecule has 0 fully saturated rings. The predicted octanol–water partition coefficient (Wildman–Crippen LogP) is 1.13. The maximum atomic E-state index is 11.1. The number of nitrogens with zero attached hydrogens (tertiary/aromatic N) is 2. The Labute approximate surface area is 87.5 Å². The lowest BCUT2D eigenvalue weighted by Gasteiger charge is -1.97. The van der Waals surface area contributed by atoms with E-state index in [0.29, 0.717) is 5.56 Å². The first-order valence-electron chi connectivity index (χ1n) is 4.18. The van der Waals surface area contributed by atoms with Crippen LogP contribution in [0.1, 0.15) is 22.5 Å². The van der Waals surface area contributed by atoms with E-state index >= 15 is 0 Å². The lowest BCUT2D eigenvalue weighted by molar-refractivity contribution is 0.0594. The fourth-order valence-corrected chi connectivity index (χ4v) is 0.910. The van der Waals surface area contributed by atoms with Crippen molar-refractivity contribution < 1.29 is 9.53 Å². The summed E-state index contributed by atoms with van der Waals surface area (Å²) >= 11 is 0. The molecule has 0 bridgehead atoms. The maximum Gasteiger partial charge on any atom is 0.356 e. The highest BCUT2D eigenvalue weighted by Crippen LogP contribution is 2.01. The van der Waals surface area contributed by atoms with Crippen LogP contribution in [-0.2, 0) is 4.74 Å². The molecule has 0 unspecified atom stereocenters. The van der Waals surface area contributed by atoms with Gasteiger partial charge in [-0.1, -0.05) is 11.8 Å². The summed E-state index contributed by atoms with van der Waals surface area (Å²) in [7, 11) is 1.29. The molecule has 1 aromatic heterocycles. The highest BCUT2D eigenvalue weighted by atomic mass is 16.5. The van der Waals surface area contributed by atoms with E-state index in [2.05, 4.69) is 21.6 Å². The molecular formula is C11H8N2O2. The second kappa shape index (κ2) is 5.41. The van der Waals surface area contributed by atoms with Crippen LogP contribution in [0, 0.1) is 23.2 Å². The van der Waals surface area contributed by atoms with Gasteiger partial charge in [0.05, 0.1) is 19.6 Å². The van der Waals surface area contributed by atoms with Gasteiger partial charge in [-0.05, 0) is 12.1 Å². The summed E-state index contributed by atoms with van der Waals surface area (Å²) in [6.45, 7) is 0. The number of nitriles is 1. The second-order valence-corrected chi connectivity index (χ2v) is 2.56. The molecule has 0 aliphatic rings. The molecule has 0 spiro atoms. The molecule has 0 aromatic carbocycles. The third-order valence-electron chi connectivity index (χ3n) is 1.55. The molecule has 0 atom stereocenters. The van der Waals surface area contributed by atoms with E-state index in [1.807, 2.05) is 6.07 Å². The third-order valence-corrected chi connectivity index (χ3v) is 1.55. The molecule has 0 saturated carbocycles. The van der Waals surface area contributed by atoms with E-state index in [-0.39, 0.29) is 12.1 Å². The fraction of sp³-hybridized carbons (Fsp3) is 0.182. The largest absolute Gasteiger partial charge is 0.464 e. The summed E-state index contributed by atoms with van der Waals surface area (Å²) in [4.78, 5) is 14.9. The fourth-order valence-electron chi connectivity index (χ4n) is 0.910. The summed E-state index contributed by atoms with van der Waals surface area (Å²) < 4.78 is 4.51. The van der Waals surface area contributed by atoms with Crippen molar-refractivity contribution in [1.29, 1.82) is 5.26 Å². The first-order chi connectivity index (χ1) is 7.27. The van der Waals surface area contributed by atoms with Gasteiger partial charge in [0.2, 0.25) is 0 Å². The summed E-state index contributed by atoms with van der Waals surface area (Å²) in [6, 6.07) is 5.09. The lowest BCUT2D eigenvalue weighted by Crippen LogP contribution is -2.03. The van der Waals surface area contributed by atoms with Crippen LogP contribution < -0.4 is 0 Å². The number of ether oxygens (including phenoxy) is 1. The average molecular weight is 200 g/mol. The predicted molar refractivity (Wildman–Crippen MR) is 52.7 cm³/mol. The number of rotatable bonds is 1. The van der Waals surface area contributed by atoms with Gasteiger partial charge in [-0.15, -0.1) is 0 Å². The van der Waals surface area contributed by atoms with Gasteiger partial charge >= 0.3 is 5.97 Å². The topological polar surface area (TPSA) is 63.0 Å². The monoisotopic (exact) mass is 200 g/mol. The van der Waals surface area contributed by atoms with Crippen molar-refractivity contribution in [3.05, 3.63) is 29.6 Å². The minimum atomic E-state index is -0.501. The number of methoxy groups -OCH3 is 1. The first-order valence-corrected chi connectivity index (χ1v) is 4.18. The molecular weight excluding hydrogens is 192 g/mol. The number of hydrogen-bond donors (Lipinski definition) is 0. The van der Waals surface area contributed by atoms with Crippen LogP contribution in [0.15, 0.2) is 18.3 Å². The molecule has 0 saturated heterocycles. The van der Waals surface area contributed by atoms with Gasteiger partial charge in [-0.3, -0.25) is 0 Å². The SMILES string of the molecule is COC(=O)c1cc(C#CCC#N)ccn1. The number of carbonyl (C=O) groups excluding carboxylic acids is 1. The lowest BCUT2D eigenvalue weighted by atomic mass is 10.2. The van der Waals surface area contributed by atoms with Gasteiger partial charge in [0.1, 0.15) is 5.69 Å². The van der Waals surface area contributed by atoms with Crippen LogP contribution in [-0.4, -0.2) is 18.1 Å². The molecule has 0 aliphatic heterocycles. The molecule has 4 heteroatoms. The highest BCUT2D eigenvalue weighted by molar-refractivity contribution is 5.87. The average Bonchev–Trinajstić information content (AvgIpc) is 2.29. The number of hydrogen-bond acceptors (Lipinski definition) is 4. The Bertz CT molecular complexity index is 463. The molecule has 1 heterocycles. The van der Waals surface area contributed by atoms with Crippen molar-refractivity contribution in [3.63, 3.8) is 0 Å². The summed E-state index contributed by atoms with van der Waals surface area (Å²) in [5.41, 5.74) is 0.849. The van der Waals surface area contributed by atoms with Gasteiger partial charge in [0, 0.05) is 11.8 Å². The zero-order valence-corrected chi connectivity index (χ0v) is 8.15. The minimum Gasteiger partial charge on any atom is -0.464 e. The molecule has 0 N–H and O–H groups in total. The van der Waals surface area contributed by atoms with Crippen molar-refractivity contribution >= 4 is 5.97 Å². The molecule has 4 nitrogen and oxygen atoms in total. The number of pyridine rings is 1. The molecule has 74 valence electrons. The van der Waals surface area contributed by atoms with Crippen LogP contribution >= 0.6 is 0 Å². The van der Waals surface area contributed by atoms with Gasteiger partial charge in [0.15, 0.2) is 0 Å². The Morgan fingerprint density at radius 2 is 2.47 bits per heavy atom. The van der Waals surface area contributed by atoms with E-state index in [1.54, 1.807) is 6.07 Å². The zero-order valence-electron chi connectivity index (χ0n) is 8.15. The summed E-state index contributed by atoms with van der Waals surface area (Å²) in [6.07, 6.45) is 1.64. The Hall–Kier alpha value is -2.33. The van der Waals surface area contributed by atoms with Crippen LogP contribution in [0.4, 0.5) is 0 Å². The molecule has 0 amide bonds. The minimum absolute atomic E-state index is 0.163. The Balaban J connectivity index is 2.90. The molecule has 0 aliphatic carbocycles. The number of carbonyl (C=O) groups is 1.